The first kappa shape index (κ1) is 15.1. The summed E-state index contributed by atoms with van der Waals surface area (Å²) < 4.78 is 12.8. The van der Waals surface area contributed by atoms with E-state index in [-0.39, 0.29) is 0 Å². The van der Waals surface area contributed by atoms with E-state index in [1.807, 2.05) is 47.9 Å². The molecule has 3 rings (SSSR count). The van der Waals surface area contributed by atoms with Gasteiger partial charge in [-0.25, -0.2) is 0 Å². The first-order valence-electron chi connectivity index (χ1n) is 7.54. The summed E-state index contributed by atoms with van der Waals surface area (Å²) in [6.45, 7) is 2.62. The lowest BCUT2D eigenvalue weighted by Gasteiger charge is -2.07. The lowest BCUT2D eigenvalue weighted by atomic mass is 10.2. The normalized spacial score (nSPS) is 10.9. The molecule has 0 atom stereocenters. The summed E-state index contributed by atoms with van der Waals surface area (Å²) in [7, 11) is 1.65. The van der Waals surface area contributed by atoms with Crippen LogP contribution in [0.3, 0.4) is 0 Å². The van der Waals surface area contributed by atoms with Gasteiger partial charge in [0.25, 0.3) is 0 Å². The van der Waals surface area contributed by atoms with E-state index < -0.39 is 0 Å². The van der Waals surface area contributed by atoms with Gasteiger partial charge in [-0.1, -0.05) is 0 Å². The fraction of sp³-hybridized carbons (Fsp3) is 0.294. The first-order chi connectivity index (χ1) is 11.2. The Labute approximate surface area is 134 Å². The molecule has 23 heavy (non-hydrogen) atoms. The number of nitrogens with zero attached hydrogens (tertiary/aromatic N) is 3. The summed E-state index contributed by atoms with van der Waals surface area (Å²) in [5, 5.41) is 8.37. The molecule has 6 nitrogen and oxygen atoms in total. The highest BCUT2D eigenvalue weighted by atomic mass is 16.5. The van der Waals surface area contributed by atoms with E-state index in [0.717, 1.165) is 35.7 Å². The minimum atomic E-state index is 0.614. The number of nitrogen functional groups attached to an aromatic ring is 1. The van der Waals surface area contributed by atoms with Crippen molar-refractivity contribution >= 4 is 11.3 Å². The van der Waals surface area contributed by atoms with Gasteiger partial charge in [0, 0.05) is 12.6 Å². The number of methoxy groups -OCH3 is 1. The summed E-state index contributed by atoms with van der Waals surface area (Å²) in [6, 6.07) is 9.46. The molecule has 0 aliphatic rings. The summed E-state index contributed by atoms with van der Waals surface area (Å²) in [6.07, 6.45) is 3.63. The van der Waals surface area contributed by atoms with Crippen molar-refractivity contribution in [2.24, 2.45) is 0 Å². The molecule has 0 spiro atoms. The van der Waals surface area contributed by atoms with E-state index in [2.05, 4.69) is 10.2 Å². The van der Waals surface area contributed by atoms with Crippen molar-refractivity contribution in [2.75, 3.05) is 19.5 Å². The molecule has 120 valence electrons. The van der Waals surface area contributed by atoms with Crippen LogP contribution in [0.2, 0.25) is 0 Å². The fourth-order valence-electron chi connectivity index (χ4n) is 2.47. The van der Waals surface area contributed by atoms with Crippen molar-refractivity contribution in [3.05, 3.63) is 47.9 Å². The number of fused-ring (bicyclic) bond motifs is 1. The zero-order valence-electron chi connectivity index (χ0n) is 13.3. The smallest absolute Gasteiger partial charge is 0.184 e. The maximum Gasteiger partial charge on any atom is 0.184 e. The summed E-state index contributed by atoms with van der Waals surface area (Å²) in [5.74, 6) is 2.55. The van der Waals surface area contributed by atoms with Gasteiger partial charge < -0.3 is 15.2 Å². The Balaban J connectivity index is 1.58. The van der Waals surface area contributed by atoms with Crippen molar-refractivity contribution < 1.29 is 9.47 Å². The standard InChI is InChI=1S/C17H20N4O2/c1-12-10-15(18)17-20-19-16(21(17)11-12)4-3-9-23-14-7-5-13(22-2)6-8-14/h5-8,10-11H,3-4,9,18H2,1-2H3. The van der Waals surface area contributed by atoms with Crippen LogP contribution in [0.1, 0.15) is 17.8 Å². The molecule has 0 unspecified atom stereocenters. The maximum absolute atomic E-state index is 5.97. The lowest BCUT2D eigenvalue weighted by molar-refractivity contribution is 0.309. The van der Waals surface area contributed by atoms with E-state index in [0.29, 0.717) is 17.9 Å². The topological polar surface area (TPSA) is 74.7 Å². The number of hydrogen-bond acceptors (Lipinski definition) is 5. The van der Waals surface area contributed by atoms with Gasteiger partial charge in [-0.3, -0.25) is 4.40 Å². The minimum absolute atomic E-state index is 0.614. The third-order valence-electron chi connectivity index (χ3n) is 3.61. The second-order valence-corrected chi connectivity index (χ2v) is 5.41. The number of anilines is 1. The van der Waals surface area contributed by atoms with Gasteiger partial charge in [-0.2, -0.15) is 0 Å². The number of ether oxygens (including phenoxy) is 2. The Morgan fingerprint density at radius 2 is 1.87 bits per heavy atom. The van der Waals surface area contributed by atoms with Crippen LogP contribution in [0, 0.1) is 6.92 Å². The molecule has 0 bridgehead atoms. The van der Waals surface area contributed by atoms with Gasteiger partial charge in [0.1, 0.15) is 17.3 Å². The van der Waals surface area contributed by atoms with Crippen LogP contribution in [0.15, 0.2) is 36.5 Å². The monoisotopic (exact) mass is 312 g/mol. The summed E-state index contributed by atoms with van der Waals surface area (Å²) in [5.41, 5.74) is 8.42. The third-order valence-corrected chi connectivity index (χ3v) is 3.61. The molecule has 2 N–H and O–H groups in total. The zero-order chi connectivity index (χ0) is 16.2. The van der Waals surface area contributed by atoms with Crippen molar-refractivity contribution in [3.8, 4) is 11.5 Å². The Morgan fingerprint density at radius 3 is 2.61 bits per heavy atom. The zero-order valence-corrected chi connectivity index (χ0v) is 13.3. The van der Waals surface area contributed by atoms with Crippen molar-refractivity contribution in [1.82, 2.24) is 14.6 Å². The molecule has 0 amide bonds. The van der Waals surface area contributed by atoms with Crippen LogP contribution in [0.5, 0.6) is 11.5 Å². The van der Waals surface area contributed by atoms with E-state index in [9.17, 15) is 0 Å². The van der Waals surface area contributed by atoms with Gasteiger partial charge in [0.05, 0.1) is 19.4 Å². The molecule has 0 aliphatic heterocycles. The highest BCUT2D eigenvalue weighted by molar-refractivity contribution is 5.65. The van der Waals surface area contributed by atoms with Gasteiger partial charge in [-0.05, 0) is 49.2 Å². The van der Waals surface area contributed by atoms with Crippen molar-refractivity contribution in [1.29, 1.82) is 0 Å². The molecule has 3 aromatic rings. The molecule has 2 heterocycles. The van der Waals surface area contributed by atoms with Gasteiger partial charge in [0.15, 0.2) is 5.65 Å². The molecule has 2 aromatic heterocycles. The number of benzene rings is 1. The molecule has 0 aliphatic carbocycles. The third kappa shape index (κ3) is 3.36. The highest BCUT2D eigenvalue weighted by Gasteiger charge is 2.08. The molecular weight excluding hydrogens is 292 g/mol. The molecule has 0 fully saturated rings. The number of nitrogens with two attached hydrogens (primary N) is 1. The van der Waals surface area contributed by atoms with Crippen LogP contribution in [-0.2, 0) is 6.42 Å². The molecule has 1 aromatic carbocycles. The van der Waals surface area contributed by atoms with E-state index in [1.165, 1.54) is 0 Å². The quantitative estimate of drug-likeness (QED) is 0.708. The molecule has 0 radical (unpaired) electrons. The van der Waals surface area contributed by atoms with E-state index in [4.69, 9.17) is 15.2 Å². The average molecular weight is 312 g/mol. The number of hydrogen-bond donors (Lipinski definition) is 1. The maximum atomic E-state index is 5.97. The molecule has 0 saturated heterocycles. The first-order valence-corrected chi connectivity index (χ1v) is 7.54. The Morgan fingerprint density at radius 1 is 1.13 bits per heavy atom. The lowest BCUT2D eigenvalue weighted by Crippen LogP contribution is -2.03. The van der Waals surface area contributed by atoms with Crippen molar-refractivity contribution in [2.45, 2.75) is 19.8 Å². The second kappa shape index (κ2) is 6.56. The fourth-order valence-corrected chi connectivity index (χ4v) is 2.47. The van der Waals surface area contributed by atoms with Crippen LogP contribution < -0.4 is 15.2 Å². The molecular formula is C17H20N4O2. The number of rotatable bonds is 6. The van der Waals surface area contributed by atoms with Crippen LogP contribution in [0.4, 0.5) is 5.69 Å². The van der Waals surface area contributed by atoms with Gasteiger partial charge in [0.2, 0.25) is 0 Å². The van der Waals surface area contributed by atoms with Crippen molar-refractivity contribution in [3.63, 3.8) is 0 Å². The Kier molecular flexibility index (Phi) is 4.32. The van der Waals surface area contributed by atoms with Crippen LogP contribution in [0.25, 0.3) is 5.65 Å². The Hall–Kier alpha value is -2.76. The SMILES string of the molecule is COc1ccc(OCCCc2nnc3c(N)cc(C)cn23)cc1. The highest BCUT2D eigenvalue weighted by Crippen LogP contribution is 2.18. The number of pyridine rings is 1. The predicted octanol–water partition coefficient (Wildman–Crippen LogP) is 2.64. The summed E-state index contributed by atoms with van der Waals surface area (Å²) >= 11 is 0. The molecule has 6 heteroatoms. The van der Waals surface area contributed by atoms with Gasteiger partial charge in [-0.15, -0.1) is 10.2 Å². The Bertz CT molecular complexity index is 796. The summed E-state index contributed by atoms with van der Waals surface area (Å²) in [4.78, 5) is 0. The van der Waals surface area contributed by atoms with Gasteiger partial charge >= 0.3 is 0 Å². The van der Waals surface area contributed by atoms with Crippen LogP contribution in [-0.4, -0.2) is 28.3 Å². The predicted molar refractivity (Wildman–Crippen MR) is 88.9 cm³/mol. The van der Waals surface area contributed by atoms with Crippen LogP contribution >= 0.6 is 0 Å². The van der Waals surface area contributed by atoms with E-state index >= 15 is 0 Å². The number of aryl methyl sites for hydroxylation is 2. The minimum Gasteiger partial charge on any atom is -0.497 e. The molecule has 0 saturated carbocycles. The number of aromatic nitrogens is 3. The second-order valence-electron chi connectivity index (χ2n) is 5.41. The van der Waals surface area contributed by atoms with E-state index in [1.54, 1.807) is 7.11 Å². The average Bonchev–Trinajstić information content (AvgIpc) is 2.95. The largest absolute Gasteiger partial charge is 0.497 e.